The van der Waals surface area contributed by atoms with Crippen molar-refractivity contribution in [3.05, 3.63) is 42.2 Å². The number of ether oxygens (including phenoxy) is 1. The number of thiazole rings is 1. The fourth-order valence-electron chi connectivity index (χ4n) is 1.82. The molecule has 2 aromatic heterocycles. The topological polar surface area (TPSA) is 98.0 Å². The van der Waals surface area contributed by atoms with Crippen molar-refractivity contribution in [3.63, 3.8) is 0 Å². The van der Waals surface area contributed by atoms with E-state index in [9.17, 15) is 0 Å². The number of hydrogen-bond donors (Lipinski definition) is 3. The van der Waals surface area contributed by atoms with Crippen LogP contribution in [0.4, 0.5) is 28.1 Å². The van der Waals surface area contributed by atoms with Gasteiger partial charge in [0.15, 0.2) is 16.8 Å². The van der Waals surface area contributed by atoms with Crippen molar-refractivity contribution in [2.24, 2.45) is 0 Å². The van der Waals surface area contributed by atoms with Crippen molar-refractivity contribution >= 4 is 39.5 Å². The summed E-state index contributed by atoms with van der Waals surface area (Å²) in [6.45, 7) is 0. The summed E-state index contributed by atoms with van der Waals surface area (Å²) in [5.41, 5.74) is 7.36. The molecule has 0 amide bonds. The van der Waals surface area contributed by atoms with E-state index in [2.05, 4.69) is 25.6 Å². The number of benzene rings is 1. The molecule has 0 bridgehead atoms. The fraction of sp³-hybridized carbons (Fsp3) is 0.0714. The highest BCUT2D eigenvalue weighted by atomic mass is 32.1. The molecule has 7 nitrogen and oxygen atoms in total. The van der Waals surface area contributed by atoms with Crippen LogP contribution in [0, 0.1) is 0 Å². The standard InChI is InChI=1S/C14H14N6OS/c1-21-10-4-2-3-9(7-10)19-12-11(15)13(18-8-17-12)20-14-16-5-6-22-14/h2-8H,15H2,1H3,(H2,16,17,18,19,20). The molecule has 3 rings (SSSR count). The molecule has 3 aromatic rings. The Morgan fingerprint density at radius 3 is 2.68 bits per heavy atom. The Morgan fingerprint density at radius 2 is 1.95 bits per heavy atom. The summed E-state index contributed by atoms with van der Waals surface area (Å²) in [7, 11) is 1.62. The maximum absolute atomic E-state index is 6.11. The molecule has 0 radical (unpaired) electrons. The van der Waals surface area contributed by atoms with Gasteiger partial charge in [0.1, 0.15) is 17.8 Å². The zero-order valence-electron chi connectivity index (χ0n) is 11.8. The van der Waals surface area contributed by atoms with E-state index in [1.54, 1.807) is 13.3 Å². The van der Waals surface area contributed by atoms with E-state index in [0.717, 1.165) is 16.6 Å². The molecule has 22 heavy (non-hydrogen) atoms. The van der Waals surface area contributed by atoms with E-state index in [-0.39, 0.29) is 0 Å². The summed E-state index contributed by atoms with van der Waals surface area (Å²) in [4.78, 5) is 12.5. The Kier molecular flexibility index (Phi) is 4.01. The first-order valence-corrected chi connectivity index (χ1v) is 7.32. The second kappa shape index (κ2) is 6.27. The number of rotatable bonds is 5. The third-order valence-electron chi connectivity index (χ3n) is 2.87. The fourth-order valence-corrected chi connectivity index (χ4v) is 2.35. The van der Waals surface area contributed by atoms with Gasteiger partial charge in [0.2, 0.25) is 0 Å². The number of nitrogens with one attached hydrogen (secondary N) is 2. The van der Waals surface area contributed by atoms with Gasteiger partial charge in [-0.25, -0.2) is 15.0 Å². The number of anilines is 5. The van der Waals surface area contributed by atoms with Crippen LogP contribution in [-0.2, 0) is 0 Å². The molecule has 4 N–H and O–H groups in total. The van der Waals surface area contributed by atoms with Crippen LogP contribution < -0.4 is 21.1 Å². The number of nitrogen functional groups attached to an aromatic ring is 1. The van der Waals surface area contributed by atoms with Crippen molar-refractivity contribution in [1.82, 2.24) is 15.0 Å². The molecule has 0 aliphatic rings. The minimum atomic E-state index is 0.417. The van der Waals surface area contributed by atoms with Gasteiger partial charge in [0.05, 0.1) is 7.11 Å². The van der Waals surface area contributed by atoms with E-state index in [0.29, 0.717) is 17.3 Å². The Labute approximate surface area is 131 Å². The molecule has 112 valence electrons. The average Bonchev–Trinajstić information content (AvgIpc) is 3.04. The van der Waals surface area contributed by atoms with Crippen LogP contribution in [0.1, 0.15) is 0 Å². The monoisotopic (exact) mass is 314 g/mol. The molecular formula is C14H14N6OS. The number of nitrogens with zero attached hydrogens (tertiary/aromatic N) is 3. The average molecular weight is 314 g/mol. The van der Waals surface area contributed by atoms with Crippen molar-refractivity contribution < 1.29 is 4.74 Å². The van der Waals surface area contributed by atoms with Gasteiger partial charge in [-0.2, -0.15) is 0 Å². The van der Waals surface area contributed by atoms with Gasteiger partial charge in [-0.3, -0.25) is 0 Å². The van der Waals surface area contributed by atoms with E-state index >= 15 is 0 Å². The molecular weight excluding hydrogens is 300 g/mol. The minimum absolute atomic E-state index is 0.417. The molecule has 0 aliphatic carbocycles. The van der Waals surface area contributed by atoms with Gasteiger partial charge in [0.25, 0.3) is 0 Å². The maximum Gasteiger partial charge on any atom is 0.188 e. The van der Waals surface area contributed by atoms with Crippen LogP contribution in [0.3, 0.4) is 0 Å². The smallest absolute Gasteiger partial charge is 0.188 e. The normalized spacial score (nSPS) is 10.2. The van der Waals surface area contributed by atoms with Gasteiger partial charge in [0, 0.05) is 23.3 Å². The first-order valence-electron chi connectivity index (χ1n) is 6.44. The van der Waals surface area contributed by atoms with Gasteiger partial charge >= 0.3 is 0 Å². The zero-order valence-corrected chi connectivity index (χ0v) is 12.6. The lowest BCUT2D eigenvalue weighted by atomic mass is 10.3. The molecule has 0 spiro atoms. The van der Waals surface area contributed by atoms with Gasteiger partial charge < -0.3 is 21.1 Å². The van der Waals surface area contributed by atoms with Crippen molar-refractivity contribution in [1.29, 1.82) is 0 Å². The number of methoxy groups -OCH3 is 1. The SMILES string of the molecule is COc1cccc(Nc2ncnc(Nc3nccs3)c2N)c1. The van der Waals surface area contributed by atoms with Crippen LogP contribution >= 0.6 is 11.3 Å². The first-order chi connectivity index (χ1) is 10.8. The van der Waals surface area contributed by atoms with Crippen LogP contribution in [0.15, 0.2) is 42.2 Å². The maximum atomic E-state index is 6.11. The zero-order chi connectivity index (χ0) is 15.4. The van der Waals surface area contributed by atoms with Crippen LogP contribution in [0.2, 0.25) is 0 Å². The van der Waals surface area contributed by atoms with Gasteiger partial charge in [-0.15, -0.1) is 11.3 Å². The third-order valence-corrected chi connectivity index (χ3v) is 3.56. The number of hydrogen-bond acceptors (Lipinski definition) is 8. The van der Waals surface area contributed by atoms with E-state index < -0.39 is 0 Å². The van der Waals surface area contributed by atoms with Crippen molar-refractivity contribution in [3.8, 4) is 5.75 Å². The molecule has 0 saturated carbocycles. The Balaban J connectivity index is 1.84. The Bertz CT molecular complexity index is 762. The van der Waals surface area contributed by atoms with Crippen molar-refractivity contribution in [2.45, 2.75) is 0 Å². The quantitative estimate of drug-likeness (QED) is 0.666. The molecule has 0 aliphatic heterocycles. The second-order valence-electron chi connectivity index (χ2n) is 4.30. The summed E-state index contributed by atoms with van der Waals surface area (Å²) in [6, 6.07) is 7.50. The molecule has 0 saturated heterocycles. The highest BCUT2D eigenvalue weighted by Gasteiger charge is 2.09. The summed E-state index contributed by atoms with van der Waals surface area (Å²) in [6.07, 6.45) is 3.15. The highest BCUT2D eigenvalue weighted by Crippen LogP contribution is 2.29. The van der Waals surface area contributed by atoms with Gasteiger partial charge in [-0.1, -0.05) is 6.07 Å². The molecule has 1 aromatic carbocycles. The lowest BCUT2D eigenvalue weighted by Gasteiger charge is -2.12. The van der Waals surface area contributed by atoms with Crippen LogP contribution in [0.25, 0.3) is 0 Å². The summed E-state index contributed by atoms with van der Waals surface area (Å²) >= 11 is 1.47. The summed E-state index contributed by atoms with van der Waals surface area (Å²) in [5.74, 6) is 1.77. The van der Waals surface area contributed by atoms with Gasteiger partial charge in [-0.05, 0) is 12.1 Å². The molecule has 0 fully saturated rings. The number of aromatic nitrogens is 3. The number of nitrogens with two attached hydrogens (primary N) is 1. The van der Waals surface area contributed by atoms with E-state index in [1.165, 1.54) is 17.7 Å². The van der Waals surface area contributed by atoms with Crippen LogP contribution in [0.5, 0.6) is 5.75 Å². The van der Waals surface area contributed by atoms with E-state index in [4.69, 9.17) is 10.5 Å². The first kappa shape index (κ1) is 14.1. The Morgan fingerprint density at radius 1 is 1.14 bits per heavy atom. The Hall–Kier alpha value is -2.87. The predicted molar refractivity (Wildman–Crippen MR) is 88.1 cm³/mol. The molecule has 8 heteroatoms. The molecule has 0 atom stereocenters. The lowest BCUT2D eigenvalue weighted by Crippen LogP contribution is -2.05. The second-order valence-corrected chi connectivity index (χ2v) is 5.20. The lowest BCUT2D eigenvalue weighted by molar-refractivity contribution is 0.415. The highest BCUT2D eigenvalue weighted by molar-refractivity contribution is 7.13. The molecule has 0 unspecified atom stereocenters. The summed E-state index contributed by atoms with van der Waals surface area (Å²) in [5, 5.41) is 8.81. The third kappa shape index (κ3) is 3.07. The minimum Gasteiger partial charge on any atom is -0.497 e. The van der Waals surface area contributed by atoms with Crippen LogP contribution in [-0.4, -0.2) is 22.1 Å². The van der Waals surface area contributed by atoms with Crippen molar-refractivity contribution in [2.75, 3.05) is 23.5 Å². The largest absolute Gasteiger partial charge is 0.497 e. The van der Waals surface area contributed by atoms with E-state index in [1.807, 2.05) is 29.6 Å². The summed E-state index contributed by atoms with van der Waals surface area (Å²) < 4.78 is 5.19. The molecule has 2 heterocycles. The predicted octanol–water partition coefficient (Wildman–Crippen LogP) is 3.01.